The van der Waals surface area contributed by atoms with Crippen molar-refractivity contribution in [3.8, 4) is 5.75 Å². The van der Waals surface area contributed by atoms with Gasteiger partial charge in [0.15, 0.2) is 0 Å². The molecular formula is C16H25NO. The van der Waals surface area contributed by atoms with Gasteiger partial charge in [-0.25, -0.2) is 0 Å². The van der Waals surface area contributed by atoms with Crippen LogP contribution in [-0.2, 0) is 0 Å². The Labute approximate surface area is 111 Å². The van der Waals surface area contributed by atoms with Gasteiger partial charge in [0.1, 0.15) is 12.4 Å². The summed E-state index contributed by atoms with van der Waals surface area (Å²) >= 11 is 0. The molecule has 0 aromatic heterocycles. The second kappa shape index (κ2) is 7.22. The molecule has 0 saturated carbocycles. The standard InChI is InChI=1S/C16H25NO/c1-6-17-14(5)15-11-13(4)7-8-16(15)18-10-9-12(2)3/h7-9,11,14,17H,6,10H2,1-5H3. The zero-order valence-electron chi connectivity index (χ0n) is 12.2. The minimum absolute atomic E-state index is 0.316. The highest BCUT2D eigenvalue weighted by Gasteiger charge is 2.10. The van der Waals surface area contributed by atoms with E-state index in [-0.39, 0.29) is 0 Å². The Kier molecular flexibility index (Phi) is 5.93. The fourth-order valence-corrected chi connectivity index (χ4v) is 1.85. The lowest BCUT2D eigenvalue weighted by Crippen LogP contribution is -2.18. The van der Waals surface area contributed by atoms with Crippen LogP contribution in [0, 0.1) is 6.92 Å². The van der Waals surface area contributed by atoms with Gasteiger partial charge in [-0.15, -0.1) is 0 Å². The normalized spacial score (nSPS) is 12.1. The first-order valence-corrected chi connectivity index (χ1v) is 6.64. The number of allylic oxidation sites excluding steroid dienone is 1. The van der Waals surface area contributed by atoms with Crippen LogP contribution in [0.2, 0.25) is 0 Å². The molecule has 0 heterocycles. The maximum Gasteiger partial charge on any atom is 0.124 e. The number of nitrogens with one attached hydrogen (secondary N) is 1. The van der Waals surface area contributed by atoms with Gasteiger partial charge in [-0.1, -0.05) is 30.2 Å². The van der Waals surface area contributed by atoms with Crippen molar-refractivity contribution in [2.75, 3.05) is 13.2 Å². The van der Waals surface area contributed by atoms with Gasteiger partial charge in [-0.3, -0.25) is 0 Å². The van der Waals surface area contributed by atoms with Crippen LogP contribution in [0.15, 0.2) is 29.8 Å². The quantitative estimate of drug-likeness (QED) is 0.767. The van der Waals surface area contributed by atoms with Crippen molar-refractivity contribution in [2.24, 2.45) is 0 Å². The number of hydrogen-bond donors (Lipinski definition) is 1. The maximum absolute atomic E-state index is 5.85. The summed E-state index contributed by atoms with van der Waals surface area (Å²) in [7, 11) is 0. The highest BCUT2D eigenvalue weighted by atomic mass is 16.5. The molecule has 0 fully saturated rings. The van der Waals surface area contributed by atoms with Gasteiger partial charge in [-0.05, 0) is 46.4 Å². The lowest BCUT2D eigenvalue weighted by Gasteiger charge is -2.18. The van der Waals surface area contributed by atoms with Gasteiger partial charge in [0.25, 0.3) is 0 Å². The van der Waals surface area contributed by atoms with Crippen molar-refractivity contribution in [2.45, 2.75) is 40.7 Å². The van der Waals surface area contributed by atoms with Gasteiger partial charge in [0.05, 0.1) is 0 Å². The molecule has 0 amide bonds. The first-order valence-electron chi connectivity index (χ1n) is 6.64. The van der Waals surface area contributed by atoms with Crippen molar-refractivity contribution in [1.82, 2.24) is 5.32 Å². The van der Waals surface area contributed by atoms with E-state index >= 15 is 0 Å². The molecule has 1 unspecified atom stereocenters. The van der Waals surface area contributed by atoms with Crippen molar-refractivity contribution < 1.29 is 4.74 Å². The number of aryl methyl sites for hydroxylation is 1. The lowest BCUT2D eigenvalue weighted by atomic mass is 10.0. The number of benzene rings is 1. The zero-order valence-corrected chi connectivity index (χ0v) is 12.2. The average molecular weight is 247 g/mol. The van der Waals surface area contributed by atoms with E-state index in [9.17, 15) is 0 Å². The van der Waals surface area contributed by atoms with Crippen LogP contribution in [0.4, 0.5) is 0 Å². The van der Waals surface area contributed by atoms with Gasteiger partial charge in [0, 0.05) is 11.6 Å². The van der Waals surface area contributed by atoms with Crippen LogP contribution in [0.3, 0.4) is 0 Å². The molecule has 0 spiro atoms. The Morgan fingerprint density at radius 2 is 2.11 bits per heavy atom. The fraction of sp³-hybridized carbons (Fsp3) is 0.500. The molecule has 1 atom stereocenters. The molecule has 1 rings (SSSR count). The van der Waals surface area contributed by atoms with Crippen molar-refractivity contribution in [3.05, 3.63) is 41.0 Å². The summed E-state index contributed by atoms with van der Waals surface area (Å²) < 4.78 is 5.85. The molecule has 0 aliphatic rings. The molecule has 0 bridgehead atoms. The molecule has 18 heavy (non-hydrogen) atoms. The predicted molar refractivity (Wildman–Crippen MR) is 78.2 cm³/mol. The molecule has 0 aliphatic heterocycles. The van der Waals surface area contributed by atoms with E-state index in [2.05, 4.69) is 64.2 Å². The summed E-state index contributed by atoms with van der Waals surface area (Å²) in [5.74, 6) is 0.978. The van der Waals surface area contributed by atoms with Crippen LogP contribution in [0.25, 0.3) is 0 Å². The van der Waals surface area contributed by atoms with E-state index in [1.807, 2.05) is 0 Å². The third-order valence-corrected chi connectivity index (χ3v) is 2.87. The van der Waals surface area contributed by atoms with E-state index in [4.69, 9.17) is 4.74 Å². The summed E-state index contributed by atoms with van der Waals surface area (Å²) in [6.45, 7) is 12.2. The highest BCUT2D eigenvalue weighted by molar-refractivity contribution is 5.39. The van der Waals surface area contributed by atoms with Crippen molar-refractivity contribution >= 4 is 0 Å². The van der Waals surface area contributed by atoms with E-state index in [0.29, 0.717) is 12.6 Å². The predicted octanol–water partition coefficient (Wildman–Crippen LogP) is 4.01. The lowest BCUT2D eigenvalue weighted by molar-refractivity contribution is 0.353. The monoisotopic (exact) mass is 247 g/mol. The summed E-state index contributed by atoms with van der Waals surface area (Å²) in [4.78, 5) is 0. The molecule has 0 saturated heterocycles. The van der Waals surface area contributed by atoms with Gasteiger partial charge in [-0.2, -0.15) is 0 Å². The Morgan fingerprint density at radius 3 is 2.72 bits per heavy atom. The maximum atomic E-state index is 5.85. The van der Waals surface area contributed by atoms with E-state index in [1.54, 1.807) is 0 Å². The SMILES string of the molecule is CCNC(C)c1cc(C)ccc1OCC=C(C)C. The van der Waals surface area contributed by atoms with Crippen molar-refractivity contribution in [3.63, 3.8) is 0 Å². The number of ether oxygens (including phenoxy) is 1. The van der Waals surface area contributed by atoms with E-state index < -0.39 is 0 Å². The zero-order chi connectivity index (χ0) is 13.5. The van der Waals surface area contributed by atoms with Crippen LogP contribution in [-0.4, -0.2) is 13.2 Å². The summed E-state index contributed by atoms with van der Waals surface area (Å²) in [5, 5.41) is 3.43. The Hall–Kier alpha value is -1.28. The van der Waals surface area contributed by atoms with Gasteiger partial charge >= 0.3 is 0 Å². The minimum atomic E-state index is 0.316. The molecule has 2 heteroatoms. The molecule has 1 aromatic rings. The number of hydrogen-bond acceptors (Lipinski definition) is 2. The van der Waals surface area contributed by atoms with Crippen molar-refractivity contribution in [1.29, 1.82) is 0 Å². The Balaban J connectivity index is 2.85. The molecular weight excluding hydrogens is 222 g/mol. The largest absolute Gasteiger partial charge is 0.489 e. The first kappa shape index (κ1) is 14.8. The number of rotatable bonds is 6. The topological polar surface area (TPSA) is 21.3 Å². The molecule has 100 valence electrons. The van der Waals surface area contributed by atoms with Gasteiger partial charge < -0.3 is 10.1 Å². The highest BCUT2D eigenvalue weighted by Crippen LogP contribution is 2.26. The van der Waals surface area contributed by atoms with Gasteiger partial charge in [0.2, 0.25) is 0 Å². The average Bonchev–Trinajstić information content (AvgIpc) is 2.31. The summed E-state index contributed by atoms with van der Waals surface area (Å²) in [6.07, 6.45) is 2.10. The third kappa shape index (κ3) is 4.53. The second-order valence-corrected chi connectivity index (χ2v) is 4.91. The minimum Gasteiger partial charge on any atom is -0.489 e. The molecule has 0 radical (unpaired) electrons. The third-order valence-electron chi connectivity index (χ3n) is 2.87. The Morgan fingerprint density at radius 1 is 1.39 bits per heavy atom. The van der Waals surface area contributed by atoms with Crippen LogP contribution in [0.5, 0.6) is 5.75 Å². The van der Waals surface area contributed by atoms with Crippen LogP contribution >= 0.6 is 0 Å². The van der Waals surface area contributed by atoms with Crippen LogP contribution < -0.4 is 10.1 Å². The van der Waals surface area contributed by atoms with E-state index in [1.165, 1.54) is 16.7 Å². The molecule has 1 aromatic carbocycles. The summed E-state index contributed by atoms with van der Waals surface area (Å²) in [6, 6.07) is 6.68. The molecule has 0 aliphatic carbocycles. The molecule has 1 N–H and O–H groups in total. The fourth-order valence-electron chi connectivity index (χ4n) is 1.85. The van der Waals surface area contributed by atoms with Crippen LogP contribution in [0.1, 0.15) is 44.9 Å². The molecule has 2 nitrogen and oxygen atoms in total. The Bertz CT molecular complexity index is 406. The second-order valence-electron chi connectivity index (χ2n) is 4.91. The first-order chi connectivity index (χ1) is 8.54. The van der Waals surface area contributed by atoms with E-state index in [0.717, 1.165) is 12.3 Å². The smallest absolute Gasteiger partial charge is 0.124 e. The summed E-state index contributed by atoms with van der Waals surface area (Å²) in [5.41, 5.74) is 3.78.